The number of benzene rings is 1. The molecule has 1 saturated heterocycles. The summed E-state index contributed by atoms with van der Waals surface area (Å²) in [5.74, 6) is -0.241. The van der Waals surface area contributed by atoms with E-state index in [0.29, 0.717) is 12.6 Å². The second-order valence-electron chi connectivity index (χ2n) is 6.30. The lowest BCUT2D eigenvalue weighted by Gasteiger charge is -2.33. The van der Waals surface area contributed by atoms with Crippen LogP contribution in [0.3, 0.4) is 0 Å². The molecule has 1 N–H and O–H groups in total. The van der Waals surface area contributed by atoms with E-state index in [1.807, 2.05) is 0 Å². The molecule has 2 fully saturated rings. The Labute approximate surface area is 145 Å². The molecule has 0 aromatic heterocycles. The molecule has 2 aliphatic rings. The Balaban J connectivity index is 1.71. The lowest BCUT2D eigenvalue weighted by atomic mass is 9.91. The van der Waals surface area contributed by atoms with Gasteiger partial charge in [-0.1, -0.05) is 22.0 Å². The zero-order chi connectivity index (χ0) is 16.4. The molecule has 1 atom stereocenters. The molecule has 1 heterocycles. The molecule has 0 radical (unpaired) electrons. The molecule has 23 heavy (non-hydrogen) atoms. The van der Waals surface area contributed by atoms with Gasteiger partial charge in [-0.2, -0.15) is 4.31 Å². The van der Waals surface area contributed by atoms with Crippen LogP contribution in [0.15, 0.2) is 33.6 Å². The smallest absolute Gasteiger partial charge is 0.243 e. The Morgan fingerprint density at radius 2 is 2.00 bits per heavy atom. The van der Waals surface area contributed by atoms with E-state index < -0.39 is 10.0 Å². The van der Waals surface area contributed by atoms with Gasteiger partial charge in [0.1, 0.15) is 0 Å². The lowest BCUT2D eigenvalue weighted by Crippen LogP contribution is -2.48. The Morgan fingerprint density at radius 1 is 1.22 bits per heavy atom. The highest BCUT2D eigenvalue weighted by Gasteiger charge is 2.34. The molecule has 0 bridgehead atoms. The van der Waals surface area contributed by atoms with Crippen LogP contribution in [0.25, 0.3) is 0 Å². The number of nitrogens with one attached hydrogen (secondary N) is 1. The third-order valence-electron chi connectivity index (χ3n) is 4.64. The summed E-state index contributed by atoms with van der Waals surface area (Å²) in [6, 6.07) is 7.00. The highest BCUT2D eigenvalue weighted by atomic mass is 79.9. The minimum absolute atomic E-state index is 0.00356. The van der Waals surface area contributed by atoms with Crippen molar-refractivity contribution in [3.05, 3.63) is 28.7 Å². The fourth-order valence-electron chi connectivity index (χ4n) is 3.02. The van der Waals surface area contributed by atoms with Crippen LogP contribution in [0.5, 0.6) is 0 Å². The highest BCUT2D eigenvalue weighted by Crippen LogP contribution is 2.26. The van der Waals surface area contributed by atoms with Gasteiger partial charge in [0.05, 0.1) is 10.8 Å². The van der Waals surface area contributed by atoms with Crippen molar-refractivity contribution < 1.29 is 13.2 Å². The van der Waals surface area contributed by atoms with Crippen LogP contribution in [-0.2, 0) is 14.8 Å². The molecule has 1 unspecified atom stereocenters. The number of nitrogens with zero attached hydrogens (tertiary/aromatic N) is 1. The zero-order valence-electron chi connectivity index (χ0n) is 12.9. The molecular formula is C16H21BrN2O3S. The second-order valence-corrected chi connectivity index (χ2v) is 9.15. The van der Waals surface area contributed by atoms with Crippen molar-refractivity contribution in [2.24, 2.45) is 5.92 Å². The van der Waals surface area contributed by atoms with E-state index in [1.54, 1.807) is 24.3 Å². The lowest BCUT2D eigenvalue weighted by molar-refractivity contribution is -0.127. The van der Waals surface area contributed by atoms with Crippen molar-refractivity contribution in [3.8, 4) is 0 Å². The second kappa shape index (κ2) is 6.91. The molecule has 1 amide bonds. The topological polar surface area (TPSA) is 66.5 Å². The van der Waals surface area contributed by atoms with Crippen LogP contribution in [-0.4, -0.2) is 37.8 Å². The normalized spacial score (nSPS) is 23.3. The summed E-state index contributed by atoms with van der Waals surface area (Å²) in [7, 11) is -3.55. The number of rotatable bonds is 4. The zero-order valence-corrected chi connectivity index (χ0v) is 15.3. The first-order chi connectivity index (χ1) is 11.0. The molecule has 1 aliphatic heterocycles. The number of piperidine rings is 1. The van der Waals surface area contributed by atoms with Crippen molar-refractivity contribution in [1.82, 2.24) is 9.62 Å². The summed E-state index contributed by atoms with van der Waals surface area (Å²) in [6.07, 6.45) is 4.72. The Bertz CT molecular complexity index is 688. The number of hydrogen-bond acceptors (Lipinski definition) is 3. The van der Waals surface area contributed by atoms with Gasteiger partial charge in [-0.3, -0.25) is 4.79 Å². The first-order valence-electron chi connectivity index (χ1n) is 8.03. The first kappa shape index (κ1) is 16.9. The van der Waals surface area contributed by atoms with Crippen molar-refractivity contribution in [1.29, 1.82) is 0 Å². The van der Waals surface area contributed by atoms with Crippen LogP contribution < -0.4 is 5.32 Å². The standard InChI is InChI=1S/C16H21BrN2O3S/c17-13-5-1-8-15(10-13)23(21,22)19-9-3-4-12(11-19)16(20)18-14-6-2-7-14/h1,5,8,10,12,14H,2-4,6-7,9,11H2,(H,18,20). The maximum atomic E-state index is 12.8. The van der Waals surface area contributed by atoms with E-state index >= 15 is 0 Å². The molecular weight excluding hydrogens is 380 g/mol. The minimum atomic E-state index is -3.55. The van der Waals surface area contributed by atoms with E-state index in [4.69, 9.17) is 0 Å². The van der Waals surface area contributed by atoms with Crippen molar-refractivity contribution in [3.63, 3.8) is 0 Å². The van der Waals surface area contributed by atoms with Gasteiger partial charge < -0.3 is 5.32 Å². The van der Waals surface area contributed by atoms with Crippen LogP contribution in [0.4, 0.5) is 0 Å². The Hall–Kier alpha value is -0.920. The summed E-state index contributed by atoms with van der Waals surface area (Å²) in [6.45, 7) is 0.745. The molecule has 7 heteroatoms. The van der Waals surface area contributed by atoms with Crippen LogP contribution in [0.1, 0.15) is 32.1 Å². The summed E-state index contributed by atoms with van der Waals surface area (Å²) >= 11 is 3.31. The molecule has 1 aliphatic carbocycles. The van der Waals surface area contributed by atoms with Crippen LogP contribution in [0, 0.1) is 5.92 Å². The van der Waals surface area contributed by atoms with Gasteiger partial charge in [0.15, 0.2) is 0 Å². The van der Waals surface area contributed by atoms with Crippen LogP contribution in [0.2, 0.25) is 0 Å². The molecule has 1 aromatic carbocycles. The summed E-state index contributed by atoms with van der Waals surface area (Å²) in [5, 5.41) is 3.04. The average Bonchev–Trinajstić information content (AvgIpc) is 2.51. The third-order valence-corrected chi connectivity index (χ3v) is 6.99. The van der Waals surface area contributed by atoms with Crippen molar-refractivity contribution >= 4 is 31.9 Å². The van der Waals surface area contributed by atoms with E-state index in [-0.39, 0.29) is 23.3 Å². The van der Waals surface area contributed by atoms with Crippen molar-refractivity contribution in [2.45, 2.75) is 43.0 Å². The molecule has 3 rings (SSSR count). The van der Waals surface area contributed by atoms with Gasteiger partial charge in [0.2, 0.25) is 15.9 Å². The van der Waals surface area contributed by atoms with Crippen LogP contribution >= 0.6 is 15.9 Å². The monoisotopic (exact) mass is 400 g/mol. The van der Waals surface area contributed by atoms with Gasteiger partial charge in [-0.05, 0) is 50.3 Å². The van der Waals surface area contributed by atoms with Gasteiger partial charge in [0.25, 0.3) is 0 Å². The number of amides is 1. The molecule has 1 saturated carbocycles. The minimum Gasteiger partial charge on any atom is -0.353 e. The Morgan fingerprint density at radius 3 is 2.65 bits per heavy atom. The maximum absolute atomic E-state index is 12.8. The third kappa shape index (κ3) is 3.78. The number of carbonyl (C=O) groups excluding carboxylic acids is 1. The van der Waals surface area contributed by atoms with E-state index in [0.717, 1.165) is 30.2 Å². The SMILES string of the molecule is O=C(NC1CCC1)C1CCCN(S(=O)(=O)c2cccc(Br)c2)C1. The van der Waals surface area contributed by atoms with Gasteiger partial charge in [-0.25, -0.2) is 8.42 Å². The van der Waals surface area contributed by atoms with E-state index in [9.17, 15) is 13.2 Å². The summed E-state index contributed by atoms with van der Waals surface area (Å²) < 4.78 is 27.7. The number of halogens is 1. The number of hydrogen-bond donors (Lipinski definition) is 1. The maximum Gasteiger partial charge on any atom is 0.243 e. The van der Waals surface area contributed by atoms with Gasteiger partial charge in [0, 0.05) is 23.6 Å². The number of sulfonamides is 1. The molecule has 0 spiro atoms. The van der Waals surface area contributed by atoms with Gasteiger partial charge >= 0.3 is 0 Å². The molecule has 5 nitrogen and oxygen atoms in total. The largest absolute Gasteiger partial charge is 0.353 e. The predicted molar refractivity (Wildman–Crippen MR) is 91.4 cm³/mol. The fraction of sp³-hybridized carbons (Fsp3) is 0.562. The fourth-order valence-corrected chi connectivity index (χ4v) is 5.14. The highest BCUT2D eigenvalue weighted by molar-refractivity contribution is 9.10. The average molecular weight is 401 g/mol. The predicted octanol–water partition coefficient (Wildman–Crippen LogP) is 2.52. The van der Waals surface area contributed by atoms with Gasteiger partial charge in [-0.15, -0.1) is 0 Å². The first-order valence-corrected chi connectivity index (χ1v) is 10.3. The quantitative estimate of drug-likeness (QED) is 0.843. The molecule has 126 valence electrons. The Kier molecular flexibility index (Phi) is 5.08. The number of carbonyl (C=O) groups is 1. The summed E-state index contributed by atoms with van der Waals surface area (Å²) in [4.78, 5) is 12.6. The van der Waals surface area contributed by atoms with E-state index in [1.165, 1.54) is 10.7 Å². The molecule has 1 aromatic rings. The van der Waals surface area contributed by atoms with Crippen molar-refractivity contribution in [2.75, 3.05) is 13.1 Å². The summed E-state index contributed by atoms with van der Waals surface area (Å²) in [5.41, 5.74) is 0. The van der Waals surface area contributed by atoms with E-state index in [2.05, 4.69) is 21.2 Å².